The van der Waals surface area contributed by atoms with E-state index in [9.17, 15) is 0 Å². The SMILES string of the molecule is CCOCCCNC(N)=NCC(C)(C)N1CCc2ccccc2C1. The second-order valence-corrected chi connectivity index (χ2v) is 6.93. The topological polar surface area (TPSA) is 62.9 Å². The van der Waals surface area contributed by atoms with E-state index < -0.39 is 0 Å². The molecule has 0 spiro atoms. The van der Waals surface area contributed by atoms with Crippen LogP contribution >= 0.6 is 0 Å². The summed E-state index contributed by atoms with van der Waals surface area (Å²) in [5.74, 6) is 0.525. The largest absolute Gasteiger partial charge is 0.382 e. The fourth-order valence-corrected chi connectivity index (χ4v) is 2.98. The molecular formula is C19H32N4O. The van der Waals surface area contributed by atoms with Crippen molar-refractivity contribution in [3.8, 4) is 0 Å². The van der Waals surface area contributed by atoms with Crippen molar-refractivity contribution in [1.82, 2.24) is 10.2 Å². The zero-order chi connectivity index (χ0) is 17.4. The second-order valence-electron chi connectivity index (χ2n) is 6.93. The number of nitrogens with two attached hydrogens (primary N) is 1. The monoisotopic (exact) mass is 332 g/mol. The molecule has 1 aliphatic heterocycles. The molecule has 1 aromatic carbocycles. The predicted octanol–water partition coefficient (Wildman–Crippen LogP) is 2.15. The summed E-state index contributed by atoms with van der Waals surface area (Å²) < 4.78 is 5.31. The lowest BCUT2D eigenvalue weighted by molar-refractivity contribution is 0.112. The van der Waals surface area contributed by atoms with Gasteiger partial charge in [-0.25, -0.2) is 0 Å². The first-order chi connectivity index (χ1) is 11.5. The molecule has 0 amide bonds. The number of nitrogens with zero attached hydrogens (tertiary/aromatic N) is 2. The maximum atomic E-state index is 5.98. The minimum Gasteiger partial charge on any atom is -0.382 e. The summed E-state index contributed by atoms with van der Waals surface area (Å²) in [5.41, 5.74) is 8.88. The molecule has 1 aliphatic rings. The van der Waals surface area contributed by atoms with Crippen LogP contribution in [0.25, 0.3) is 0 Å². The average Bonchev–Trinajstić information content (AvgIpc) is 2.59. The quantitative estimate of drug-likeness (QED) is 0.435. The van der Waals surface area contributed by atoms with E-state index in [-0.39, 0.29) is 5.54 Å². The number of aliphatic imine (C=N–C) groups is 1. The van der Waals surface area contributed by atoms with Crippen LogP contribution in [0.2, 0.25) is 0 Å². The third kappa shape index (κ3) is 5.49. The highest BCUT2D eigenvalue weighted by molar-refractivity contribution is 5.77. The highest BCUT2D eigenvalue weighted by Crippen LogP contribution is 2.25. The summed E-state index contributed by atoms with van der Waals surface area (Å²) in [4.78, 5) is 7.05. The summed E-state index contributed by atoms with van der Waals surface area (Å²) in [6.45, 7) is 11.6. The molecule has 0 aliphatic carbocycles. The molecule has 134 valence electrons. The summed E-state index contributed by atoms with van der Waals surface area (Å²) in [7, 11) is 0. The Bertz CT molecular complexity index is 542. The minimum atomic E-state index is -0.00878. The standard InChI is InChI=1S/C19H32N4O/c1-4-24-13-7-11-21-18(20)22-15-19(2,3)23-12-10-16-8-5-6-9-17(16)14-23/h5-6,8-9H,4,7,10-15H2,1-3H3,(H3,20,21,22). The van der Waals surface area contributed by atoms with Crippen LogP contribution in [0.5, 0.6) is 0 Å². The Morgan fingerprint density at radius 3 is 2.83 bits per heavy atom. The zero-order valence-corrected chi connectivity index (χ0v) is 15.3. The summed E-state index contributed by atoms with van der Waals surface area (Å²) in [6, 6.07) is 8.72. The second kappa shape index (κ2) is 9.04. The Morgan fingerprint density at radius 1 is 1.33 bits per heavy atom. The Kier molecular flexibility index (Phi) is 7.06. The molecule has 1 heterocycles. The van der Waals surface area contributed by atoms with Gasteiger partial charge in [-0.15, -0.1) is 0 Å². The highest BCUT2D eigenvalue weighted by Gasteiger charge is 2.29. The lowest BCUT2D eigenvalue weighted by Gasteiger charge is -2.40. The molecule has 0 saturated heterocycles. The van der Waals surface area contributed by atoms with Crippen LogP contribution in [0.1, 0.15) is 38.3 Å². The summed E-state index contributed by atoms with van der Waals surface area (Å²) in [6.07, 6.45) is 2.05. The van der Waals surface area contributed by atoms with Gasteiger partial charge in [-0.2, -0.15) is 0 Å². The molecule has 0 fully saturated rings. The number of benzene rings is 1. The Labute approximate surface area is 146 Å². The molecule has 5 nitrogen and oxygen atoms in total. The minimum absolute atomic E-state index is 0.00878. The molecule has 0 bridgehead atoms. The fourth-order valence-electron chi connectivity index (χ4n) is 2.98. The van der Waals surface area contributed by atoms with Crippen molar-refractivity contribution in [1.29, 1.82) is 0 Å². The first-order valence-corrected chi connectivity index (χ1v) is 8.96. The molecule has 2 rings (SSSR count). The van der Waals surface area contributed by atoms with Crippen LogP contribution in [0.15, 0.2) is 29.3 Å². The maximum absolute atomic E-state index is 5.98. The smallest absolute Gasteiger partial charge is 0.188 e. The Hall–Kier alpha value is -1.59. The number of fused-ring (bicyclic) bond motifs is 1. The van der Waals surface area contributed by atoms with Crippen molar-refractivity contribution in [3.63, 3.8) is 0 Å². The molecule has 0 aromatic heterocycles. The van der Waals surface area contributed by atoms with Crippen molar-refractivity contribution < 1.29 is 4.74 Å². The van der Waals surface area contributed by atoms with Crippen molar-refractivity contribution >= 4 is 5.96 Å². The van der Waals surface area contributed by atoms with Gasteiger partial charge < -0.3 is 15.8 Å². The number of hydrogen-bond donors (Lipinski definition) is 2. The summed E-state index contributed by atoms with van der Waals surface area (Å²) >= 11 is 0. The van der Waals surface area contributed by atoms with Gasteiger partial charge in [0.2, 0.25) is 0 Å². The molecule has 1 aromatic rings. The van der Waals surface area contributed by atoms with E-state index in [1.807, 2.05) is 6.92 Å². The zero-order valence-electron chi connectivity index (χ0n) is 15.3. The van der Waals surface area contributed by atoms with E-state index in [1.165, 1.54) is 11.1 Å². The molecule has 0 radical (unpaired) electrons. The van der Waals surface area contributed by atoms with E-state index in [0.29, 0.717) is 12.5 Å². The van der Waals surface area contributed by atoms with Gasteiger partial charge in [0.05, 0.1) is 6.54 Å². The Balaban J connectivity index is 1.81. The van der Waals surface area contributed by atoms with E-state index in [0.717, 1.165) is 45.7 Å². The first-order valence-electron chi connectivity index (χ1n) is 8.96. The van der Waals surface area contributed by atoms with Crippen molar-refractivity contribution in [2.45, 2.75) is 45.7 Å². The van der Waals surface area contributed by atoms with E-state index in [4.69, 9.17) is 10.5 Å². The van der Waals surface area contributed by atoms with E-state index >= 15 is 0 Å². The van der Waals surface area contributed by atoms with Gasteiger partial charge in [0.15, 0.2) is 5.96 Å². The van der Waals surface area contributed by atoms with Crippen LogP contribution in [0.4, 0.5) is 0 Å². The van der Waals surface area contributed by atoms with Gasteiger partial charge in [0.25, 0.3) is 0 Å². The third-order valence-electron chi connectivity index (χ3n) is 4.60. The maximum Gasteiger partial charge on any atom is 0.188 e. The van der Waals surface area contributed by atoms with Crippen LogP contribution in [-0.4, -0.2) is 49.2 Å². The lowest BCUT2D eigenvalue weighted by atomic mass is 9.94. The van der Waals surface area contributed by atoms with Crippen molar-refractivity contribution in [2.24, 2.45) is 10.7 Å². The molecule has 3 N–H and O–H groups in total. The van der Waals surface area contributed by atoms with E-state index in [1.54, 1.807) is 0 Å². The number of ether oxygens (including phenoxy) is 1. The predicted molar refractivity (Wildman–Crippen MR) is 100 cm³/mol. The average molecular weight is 332 g/mol. The van der Waals surface area contributed by atoms with Gasteiger partial charge in [-0.05, 0) is 44.7 Å². The number of rotatable bonds is 8. The van der Waals surface area contributed by atoms with Gasteiger partial charge in [-0.1, -0.05) is 24.3 Å². The van der Waals surface area contributed by atoms with Gasteiger partial charge in [-0.3, -0.25) is 9.89 Å². The molecular weight excluding hydrogens is 300 g/mol. The summed E-state index contributed by atoms with van der Waals surface area (Å²) in [5, 5.41) is 3.16. The van der Waals surface area contributed by atoms with Crippen molar-refractivity contribution in [3.05, 3.63) is 35.4 Å². The first kappa shape index (κ1) is 18.7. The van der Waals surface area contributed by atoms with Crippen LogP contribution in [0, 0.1) is 0 Å². The van der Waals surface area contributed by atoms with Crippen LogP contribution < -0.4 is 11.1 Å². The number of guanidine groups is 1. The third-order valence-corrected chi connectivity index (χ3v) is 4.60. The Morgan fingerprint density at radius 2 is 2.08 bits per heavy atom. The van der Waals surface area contributed by atoms with Crippen LogP contribution in [0.3, 0.4) is 0 Å². The van der Waals surface area contributed by atoms with Crippen LogP contribution in [-0.2, 0) is 17.7 Å². The lowest BCUT2D eigenvalue weighted by Crippen LogP contribution is -2.49. The molecule has 0 saturated carbocycles. The molecule has 0 atom stereocenters. The highest BCUT2D eigenvalue weighted by atomic mass is 16.5. The van der Waals surface area contributed by atoms with E-state index in [2.05, 4.69) is 53.3 Å². The van der Waals surface area contributed by atoms with Gasteiger partial charge in [0, 0.05) is 38.4 Å². The number of nitrogens with one attached hydrogen (secondary N) is 1. The van der Waals surface area contributed by atoms with Gasteiger partial charge >= 0.3 is 0 Å². The molecule has 0 unspecified atom stereocenters. The van der Waals surface area contributed by atoms with Crippen molar-refractivity contribution in [2.75, 3.05) is 32.8 Å². The molecule has 5 heteroatoms. The normalized spacial score (nSPS) is 16.0. The molecule has 24 heavy (non-hydrogen) atoms. The van der Waals surface area contributed by atoms with Gasteiger partial charge in [0.1, 0.15) is 0 Å². The fraction of sp³-hybridized carbons (Fsp3) is 0.632. The number of hydrogen-bond acceptors (Lipinski definition) is 3.